The summed E-state index contributed by atoms with van der Waals surface area (Å²) >= 11 is 0. The molecule has 0 fully saturated rings. The molecule has 8 nitrogen and oxygen atoms in total. The third-order valence-electron chi connectivity index (χ3n) is 7.38. The lowest BCUT2D eigenvalue weighted by molar-refractivity contribution is -0.130. The quantitative estimate of drug-likeness (QED) is 0.285. The number of rotatable bonds is 8. The van der Waals surface area contributed by atoms with Crippen LogP contribution in [0, 0.1) is 0 Å². The van der Waals surface area contributed by atoms with E-state index in [-0.39, 0.29) is 18.2 Å². The Labute approximate surface area is 244 Å². The van der Waals surface area contributed by atoms with Gasteiger partial charge in [-0.15, -0.1) is 0 Å². The number of nitrogens with one attached hydrogen (secondary N) is 3. The van der Waals surface area contributed by atoms with Crippen molar-refractivity contribution in [2.75, 3.05) is 5.01 Å². The molecule has 4 aromatic carbocycles. The first-order valence-corrected chi connectivity index (χ1v) is 13.9. The van der Waals surface area contributed by atoms with Gasteiger partial charge in [-0.2, -0.15) is 0 Å². The Morgan fingerprint density at radius 2 is 1.36 bits per heavy atom. The molecule has 8 heteroatoms. The first-order valence-electron chi connectivity index (χ1n) is 13.9. The fourth-order valence-corrected chi connectivity index (χ4v) is 5.10. The number of hydrogen-bond donors (Lipinski definition) is 3. The van der Waals surface area contributed by atoms with Crippen molar-refractivity contribution in [3.8, 4) is 11.1 Å². The Hall–Kier alpha value is -5.24. The van der Waals surface area contributed by atoms with Gasteiger partial charge in [0.25, 0.3) is 17.7 Å². The van der Waals surface area contributed by atoms with E-state index in [1.807, 2.05) is 85.8 Å². The van der Waals surface area contributed by atoms with Crippen LogP contribution in [0.5, 0.6) is 0 Å². The smallest absolute Gasteiger partial charge is 0.261 e. The van der Waals surface area contributed by atoms with Crippen LogP contribution in [-0.2, 0) is 14.4 Å². The van der Waals surface area contributed by atoms with Crippen molar-refractivity contribution in [1.29, 1.82) is 0 Å². The Bertz CT molecular complexity index is 1610. The summed E-state index contributed by atoms with van der Waals surface area (Å²) in [6.07, 6.45) is -0.0853. The first-order chi connectivity index (χ1) is 20.3. The molecule has 4 aromatic rings. The van der Waals surface area contributed by atoms with Gasteiger partial charge in [0.05, 0.1) is 24.1 Å². The second-order valence-corrected chi connectivity index (χ2v) is 10.3. The SMILES string of the molecule is CC1C(=O)N(NC(=O)[C@H](C)NC(=O)CC(NC(=O)c2ccccc2)c2ccccc2)c2ccccc2-c2ccccc21. The summed E-state index contributed by atoms with van der Waals surface area (Å²) in [6, 6.07) is 31.5. The lowest BCUT2D eigenvalue weighted by Crippen LogP contribution is -2.54. The third kappa shape index (κ3) is 6.07. The van der Waals surface area contributed by atoms with Gasteiger partial charge in [0, 0.05) is 11.1 Å². The lowest BCUT2D eigenvalue weighted by Gasteiger charge is -2.27. The summed E-state index contributed by atoms with van der Waals surface area (Å²) in [6.45, 7) is 3.37. The summed E-state index contributed by atoms with van der Waals surface area (Å²) < 4.78 is 0. The number of fused-ring (bicyclic) bond motifs is 3. The van der Waals surface area contributed by atoms with Crippen LogP contribution in [0.2, 0.25) is 0 Å². The molecule has 0 saturated heterocycles. The summed E-state index contributed by atoms with van der Waals surface area (Å²) in [5, 5.41) is 6.93. The highest BCUT2D eigenvalue weighted by molar-refractivity contribution is 6.07. The number of anilines is 1. The van der Waals surface area contributed by atoms with Crippen molar-refractivity contribution < 1.29 is 19.2 Å². The molecule has 4 amide bonds. The summed E-state index contributed by atoms with van der Waals surface area (Å²) in [5.74, 6) is -2.07. The average molecular weight is 561 g/mol. The van der Waals surface area contributed by atoms with Crippen LogP contribution in [0.4, 0.5) is 5.69 Å². The maximum absolute atomic E-state index is 13.6. The Kier molecular flexibility index (Phi) is 8.43. The zero-order valence-electron chi connectivity index (χ0n) is 23.4. The molecule has 3 atom stereocenters. The number of hydrogen-bond acceptors (Lipinski definition) is 4. The molecule has 0 aromatic heterocycles. The number of para-hydroxylation sites is 1. The number of hydrazine groups is 1. The molecule has 3 N–H and O–H groups in total. The maximum Gasteiger partial charge on any atom is 0.261 e. The van der Waals surface area contributed by atoms with E-state index in [1.54, 1.807) is 37.3 Å². The first kappa shape index (κ1) is 28.3. The van der Waals surface area contributed by atoms with Gasteiger partial charge in [-0.3, -0.25) is 24.6 Å². The van der Waals surface area contributed by atoms with Crippen LogP contribution >= 0.6 is 0 Å². The normalized spacial score (nSPS) is 15.3. The van der Waals surface area contributed by atoms with E-state index in [9.17, 15) is 19.2 Å². The van der Waals surface area contributed by atoms with Gasteiger partial charge in [-0.1, -0.05) is 91.0 Å². The second-order valence-electron chi connectivity index (χ2n) is 10.3. The topological polar surface area (TPSA) is 108 Å². The molecule has 0 bridgehead atoms. The van der Waals surface area contributed by atoms with Crippen molar-refractivity contribution >= 4 is 29.3 Å². The maximum atomic E-state index is 13.6. The molecule has 1 heterocycles. The number of benzene rings is 4. The van der Waals surface area contributed by atoms with Crippen molar-refractivity contribution in [3.63, 3.8) is 0 Å². The van der Waals surface area contributed by atoms with Crippen LogP contribution in [0.25, 0.3) is 11.1 Å². The summed E-state index contributed by atoms with van der Waals surface area (Å²) in [7, 11) is 0. The molecule has 1 aliphatic rings. The molecular weight excluding hydrogens is 528 g/mol. The van der Waals surface area contributed by atoms with Crippen LogP contribution in [0.3, 0.4) is 0 Å². The van der Waals surface area contributed by atoms with Crippen LogP contribution < -0.4 is 21.1 Å². The molecule has 5 rings (SSSR count). The Morgan fingerprint density at radius 1 is 0.762 bits per heavy atom. The molecule has 2 unspecified atom stereocenters. The van der Waals surface area contributed by atoms with Gasteiger partial charge in [0.1, 0.15) is 6.04 Å². The van der Waals surface area contributed by atoms with E-state index in [0.29, 0.717) is 11.3 Å². The third-order valence-corrected chi connectivity index (χ3v) is 7.38. The van der Waals surface area contributed by atoms with Gasteiger partial charge < -0.3 is 10.6 Å². The number of carbonyl (C=O) groups is 4. The van der Waals surface area contributed by atoms with Crippen molar-refractivity contribution in [2.24, 2.45) is 0 Å². The predicted molar refractivity (Wildman–Crippen MR) is 161 cm³/mol. The molecule has 42 heavy (non-hydrogen) atoms. The lowest BCUT2D eigenvalue weighted by atomic mass is 9.92. The monoisotopic (exact) mass is 560 g/mol. The van der Waals surface area contributed by atoms with Gasteiger partial charge >= 0.3 is 0 Å². The van der Waals surface area contributed by atoms with E-state index in [1.165, 1.54) is 5.01 Å². The summed E-state index contributed by atoms with van der Waals surface area (Å²) in [4.78, 5) is 52.9. The fourth-order valence-electron chi connectivity index (χ4n) is 5.10. The molecule has 212 valence electrons. The van der Waals surface area contributed by atoms with E-state index in [0.717, 1.165) is 22.3 Å². The van der Waals surface area contributed by atoms with Crippen LogP contribution in [0.1, 0.15) is 53.7 Å². The predicted octanol–water partition coefficient (Wildman–Crippen LogP) is 4.90. The zero-order chi connectivity index (χ0) is 29.6. The fraction of sp³-hybridized carbons (Fsp3) is 0.176. The molecule has 0 radical (unpaired) electrons. The highest BCUT2D eigenvalue weighted by atomic mass is 16.2. The van der Waals surface area contributed by atoms with Crippen LogP contribution in [-0.4, -0.2) is 29.7 Å². The molecule has 0 aliphatic carbocycles. The average Bonchev–Trinajstić information content (AvgIpc) is 3.11. The molecule has 1 aliphatic heterocycles. The minimum Gasteiger partial charge on any atom is -0.345 e. The van der Waals surface area contributed by atoms with Gasteiger partial charge in [-0.25, -0.2) is 5.01 Å². The number of carbonyl (C=O) groups excluding carboxylic acids is 4. The highest BCUT2D eigenvalue weighted by Crippen LogP contribution is 2.40. The van der Waals surface area contributed by atoms with E-state index in [2.05, 4.69) is 16.1 Å². The number of amides is 4. The second kappa shape index (κ2) is 12.5. The van der Waals surface area contributed by atoms with Gasteiger partial charge in [0.2, 0.25) is 5.91 Å². The minimum absolute atomic E-state index is 0.0853. The highest BCUT2D eigenvalue weighted by Gasteiger charge is 2.33. The standard InChI is InChI=1S/C34H32N4O4/c1-22-26-17-9-10-18-27(26)28-19-11-12-20-30(28)38(34(22)42)37-32(40)23(2)35-31(39)21-29(24-13-5-3-6-14-24)36-33(41)25-15-7-4-8-16-25/h3-20,22-23,29H,21H2,1-2H3,(H,35,39)(H,36,41)(H,37,40)/t22?,23-,29?/m0/s1. The molecule has 0 spiro atoms. The largest absolute Gasteiger partial charge is 0.345 e. The van der Waals surface area contributed by atoms with Crippen molar-refractivity contribution in [3.05, 3.63) is 126 Å². The number of nitrogens with zero attached hydrogens (tertiary/aromatic N) is 1. The zero-order valence-corrected chi connectivity index (χ0v) is 23.4. The Morgan fingerprint density at radius 3 is 2.07 bits per heavy atom. The van der Waals surface area contributed by atoms with Crippen molar-refractivity contribution in [2.45, 2.75) is 38.3 Å². The van der Waals surface area contributed by atoms with E-state index < -0.39 is 29.8 Å². The van der Waals surface area contributed by atoms with E-state index >= 15 is 0 Å². The van der Waals surface area contributed by atoms with Crippen LogP contribution in [0.15, 0.2) is 109 Å². The van der Waals surface area contributed by atoms with Crippen molar-refractivity contribution in [1.82, 2.24) is 16.1 Å². The molecular formula is C34H32N4O4. The van der Waals surface area contributed by atoms with E-state index in [4.69, 9.17) is 0 Å². The van der Waals surface area contributed by atoms with Gasteiger partial charge in [0.15, 0.2) is 0 Å². The minimum atomic E-state index is -0.959. The Balaban J connectivity index is 1.29. The van der Waals surface area contributed by atoms with Gasteiger partial charge in [-0.05, 0) is 48.7 Å². The summed E-state index contributed by atoms with van der Waals surface area (Å²) in [5.41, 5.74) is 7.15. The molecule has 0 saturated carbocycles.